The minimum Gasteiger partial charge on any atom is -0.468 e. The Bertz CT molecular complexity index is 361. The minimum atomic E-state index is -3.57. The van der Waals surface area contributed by atoms with Gasteiger partial charge in [-0.25, -0.2) is 12.7 Å². The number of sulfonamides is 1. The molecule has 0 aromatic rings. The van der Waals surface area contributed by atoms with E-state index in [1.807, 2.05) is 0 Å². The highest BCUT2D eigenvalue weighted by molar-refractivity contribution is 7.89. The van der Waals surface area contributed by atoms with Gasteiger partial charge < -0.3 is 10.5 Å². The number of methoxy groups -OCH3 is 1. The van der Waals surface area contributed by atoms with Gasteiger partial charge in [-0.15, -0.1) is 0 Å². The van der Waals surface area contributed by atoms with Gasteiger partial charge in [-0.3, -0.25) is 4.79 Å². The lowest BCUT2D eigenvalue weighted by molar-refractivity contribution is -0.137. The van der Waals surface area contributed by atoms with E-state index in [2.05, 4.69) is 4.74 Å². The number of nitrogens with two attached hydrogens (primary N) is 1. The zero-order valence-electron chi connectivity index (χ0n) is 10.3. The molecule has 7 heteroatoms. The summed E-state index contributed by atoms with van der Waals surface area (Å²) in [6, 6.07) is 0.118. The van der Waals surface area contributed by atoms with Gasteiger partial charge >= 0.3 is 5.97 Å². The van der Waals surface area contributed by atoms with Crippen molar-refractivity contribution in [2.75, 3.05) is 19.9 Å². The van der Waals surface area contributed by atoms with Gasteiger partial charge in [0.15, 0.2) is 5.75 Å². The van der Waals surface area contributed by atoms with Crippen molar-refractivity contribution in [2.24, 2.45) is 5.73 Å². The first-order valence-electron chi connectivity index (χ1n) is 5.65. The lowest BCUT2D eigenvalue weighted by atomic mass is 9.92. The van der Waals surface area contributed by atoms with Crippen molar-refractivity contribution in [3.63, 3.8) is 0 Å². The summed E-state index contributed by atoms with van der Waals surface area (Å²) < 4.78 is 29.4. The number of esters is 1. The maximum absolute atomic E-state index is 11.9. The third kappa shape index (κ3) is 3.93. The molecule has 1 aliphatic rings. The van der Waals surface area contributed by atoms with Gasteiger partial charge in [0.05, 0.1) is 7.11 Å². The first kappa shape index (κ1) is 14.4. The second kappa shape index (κ2) is 5.79. The Kier molecular flexibility index (Phi) is 4.91. The normalized spacial score (nSPS) is 25.9. The van der Waals surface area contributed by atoms with Gasteiger partial charge in [0.2, 0.25) is 10.0 Å². The average Bonchev–Trinajstić information content (AvgIpc) is 2.28. The number of rotatable bonds is 4. The molecule has 0 heterocycles. The van der Waals surface area contributed by atoms with Crippen LogP contribution in [0, 0.1) is 0 Å². The van der Waals surface area contributed by atoms with E-state index >= 15 is 0 Å². The summed E-state index contributed by atoms with van der Waals surface area (Å²) in [6.45, 7) is 0. The van der Waals surface area contributed by atoms with Crippen LogP contribution in [0.2, 0.25) is 0 Å². The standard InChI is InChI=1S/C10H20N2O4S/c1-12(9-5-3-8(11)4-6-9)17(14,15)7-10(13)16-2/h8-9H,3-7,11H2,1-2H3. The van der Waals surface area contributed by atoms with Crippen LogP contribution in [-0.2, 0) is 19.6 Å². The van der Waals surface area contributed by atoms with Crippen LogP contribution < -0.4 is 5.73 Å². The first-order chi connectivity index (χ1) is 7.86. The molecule has 0 radical (unpaired) electrons. The molecule has 1 saturated carbocycles. The first-order valence-corrected chi connectivity index (χ1v) is 7.26. The van der Waals surface area contributed by atoms with Crippen molar-refractivity contribution < 1.29 is 17.9 Å². The monoisotopic (exact) mass is 264 g/mol. The highest BCUT2D eigenvalue weighted by Gasteiger charge is 2.31. The van der Waals surface area contributed by atoms with E-state index in [0.717, 1.165) is 25.7 Å². The van der Waals surface area contributed by atoms with E-state index < -0.39 is 21.7 Å². The van der Waals surface area contributed by atoms with E-state index in [-0.39, 0.29) is 12.1 Å². The van der Waals surface area contributed by atoms with Gasteiger partial charge in [-0.05, 0) is 25.7 Å². The van der Waals surface area contributed by atoms with Crippen LogP contribution in [0.15, 0.2) is 0 Å². The summed E-state index contributed by atoms with van der Waals surface area (Å²) in [5.41, 5.74) is 5.77. The molecule has 0 aromatic heterocycles. The van der Waals surface area contributed by atoms with Crippen LogP contribution in [0.5, 0.6) is 0 Å². The number of ether oxygens (including phenoxy) is 1. The van der Waals surface area contributed by atoms with Crippen molar-refractivity contribution in [3.8, 4) is 0 Å². The van der Waals surface area contributed by atoms with Gasteiger partial charge in [0, 0.05) is 19.1 Å². The molecule has 0 aliphatic heterocycles. The molecular formula is C10H20N2O4S. The molecule has 2 N–H and O–H groups in total. The SMILES string of the molecule is COC(=O)CS(=O)(=O)N(C)C1CCC(N)CC1. The number of carbonyl (C=O) groups is 1. The van der Waals surface area contributed by atoms with Crippen LogP contribution >= 0.6 is 0 Å². The highest BCUT2D eigenvalue weighted by atomic mass is 32.2. The number of hydrogen-bond acceptors (Lipinski definition) is 5. The average molecular weight is 264 g/mol. The molecule has 0 unspecified atom stereocenters. The summed E-state index contributed by atoms with van der Waals surface area (Å²) in [4.78, 5) is 11.0. The molecule has 6 nitrogen and oxygen atoms in total. The molecule has 0 aromatic carbocycles. The second-order valence-corrected chi connectivity index (χ2v) is 6.45. The van der Waals surface area contributed by atoms with Crippen molar-refractivity contribution >= 4 is 16.0 Å². The predicted molar refractivity (Wildman–Crippen MR) is 63.8 cm³/mol. The van der Waals surface area contributed by atoms with Crippen LogP contribution in [0.3, 0.4) is 0 Å². The maximum Gasteiger partial charge on any atom is 0.322 e. The largest absolute Gasteiger partial charge is 0.468 e. The van der Waals surface area contributed by atoms with Gasteiger partial charge in [-0.2, -0.15) is 0 Å². The van der Waals surface area contributed by atoms with Crippen molar-refractivity contribution in [2.45, 2.75) is 37.8 Å². The van der Waals surface area contributed by atoms with Crippen molar-refractivity contribution in [1.82, 2.24) is 4.31 Å². The van der Waals surface area contributed by atoms with E-state index in [1.165, 1.54) is 18.5 Å². The zero-order valence-corrected chi connectivity index (χ0v) is 11.1. The third-order valence-electron chi connectivity index (χ3n) is 3.22. The van der Waals surface area contributed by atoms with E-state index in [1.54, 1.807) is 0 Å². The molecule has 0 bridgehead atoms. The molecule has 0 amide bonds. The Morgan fingerprint density at radius 1 is 1.35 bits per heavy atom. The Morgan fingerprint density at radius 2 is 1.88 bits per heavy atom. The number of hydrogen-bond donors (Lipinski definition) is 1. The lowest BCUT2D eigenvalue weighted by Gasteiger charge is -2.32. The van der Waals surface area contributed by atoms with Crippen molar-refractivity contribution in [3.05, 3.63) is 0 Å². The van der Waals surface area contributed by atoms with Crippen LogP contribution in [0.4, 0.5) is 0 Å². The van der Waals surface area contributed by atoms with E-state index in [9.17, 15) is 13.2 Å². The summed E-state index contributed by atoms with van der Waals surface area (Å²) in [5.74, 6) is -1.33. The zero-order chi connectivity index (χ0) is 13.1. The second-order valence-electron chi connectivity index (χ2n) is 4.42. The fourth-order valence-corrected chi connectivity index (χ4v) is 3.29. The molecule has 1 fully saturated rings. The molecular weight excluding hydrogens is 244 g/mol. The quantitative estimate of drug-likeness (QED) is 0.704. The Hall–Kier alpha value is -0.660. The smallest absolute Gasteiger partial charge is 0.322 e. The summed E-state index contributed by atoms with van der Waals surface area (Å²) in [5, 5.41) is 0. The molecule has 1 aliphatic carbocycles. The summed E-state index contributed by atoms with van der Waals surface area (Å²) in [6.07, 6.45) is 3.14. The van der Waals surface area contributed by atoms with Crippen LogP contribution in [0.1, 0.15) is 25.7 Å². The molecule has 0 spiro atoms. The molecule has 1 rings (SSSR count). The molecule has 0 atom stereocenters. The highest BCUT2D eigenvalue weighted by Crippen LogP contribution is 2.23. The van der Waals surface area contributed by atoms with Crippen LogP contribution in [0.25, 0.3) is 0 Å². The van der Waals surface area contributed by atoms with Crippen LogP contribution in [-0.4, -0.2) is 50.7 Å². The predicted octanol–water partition coefficient (Wildman–Crippen LogP) is -0.309. The maximum atomic E-state index is 11.9. The Morgan fingerprint density at radius 3 is 2.35 bits per heavy atom. The third-order valence-corrected chi connectivity index (χ3v) is 5.00. The molecule has 17 heavy (non-hydrogen) atoms. The number of nitrogens with zero attached hydrogens (tertiary/aromatic N) is 1. The lowest BCUT2D eigenvalue weighted by Crippen LogP contribution is -2.43. The molecule has 0 saturated heterocycles. The summed E-state index contributed by atoms with van der Waals surface area (Å²) >= 11 is 0. The molecule has 100 valence electrons. The number of carbonyl (C=O) groups excluding carboxylic acids is 1. The van der Waals surface area contributed by atoms with Gasteiger partial charge in [0.1, 0.15) is 0 Å². The van der Waals surface area contributed by atoms with E-state index in [4.69, 9.17) is 5.73 Å². The van der Waals surface area contributed by atoms with Gasteiger partial charge in [0.25, 0.3) is 0 Å². The van der Waals surface area contributed by atoms with Gasteiger partial charge in [-0.1, -0.05) is 0 Å². The Balaban J connectivity index is 2.62. The topological polar surface area (TPSA) is 89.7 Å². The summed E-state index contributed by atoms with van der Waals surface area (Å²) in [7, 11) is -0.879. The fourth-order valence-electron chi connectivity index (χ4n) is 2.00. The Labute approximate surface area is 102 Å². The fraction of sp³-hybridized carbons (Fsp3) is 0.900. The van der Waals surface area contributed by atoms with Crippen molar-refractivity contribution in [1.29, 1.82) is 0 Å². The minimum absolute atomic E-state index is 0.0514. The van der Waals surface area contributed by atoms with E-state index in [0.29, 0.717) is 0 Å².